The highest BCUT2D eigenvalue weighted by atomic mass is 32.1. The quantitative estimate of drug-likeness (QED) is 0.664. The van der Waals surface area contributed by atoms with Gasteiger partial charge in [-0.3, -0.25) is 4.99 Å². The average molecular weight is 306 g/mol. The van der Waals surface area contributed by atoms with Gasteiger partial charge in [-0.25, -0.2) is 4.98 Å². The second-order valence-electron chi connectivity index (χ2n) is 6.34. The minimum absolute atomic E-state index is 0.636. The molecule has 2 N–H and O–H groups in total. The monoisotopic (exact) mass is 306 g/mol. The fourth-order valence-corrected chi connectivity index (χ4v) is 4.20. The zero-order valence-electron chi connectivity index (χ0n) is 13.1. The molecule has 2 unspecified atom stereocenters. The van der Waals surface area contributed by atoms with Crippen LogP contribution in [0.2, 0.25) is 0 Å². The summed E-state index contributed by atoms with van der Waals surface area (Å²) in [6.45, 7) is 2.85. The Labute approximate surface area is 131 Å². The Bertz CT molecular complexity index is 490. The van der Waals surface area contributed by atoms with Gasteiger partial charge >= 0.3 is 0 Å². The summed E-state index contributed by atoms with van der Waals surface area (Å²) in [5.41, 5.74) is 0. The third-order valence-corrected chi connectivity index (χ3v) is 5.63. The maximum Gasteiger partial charge on any atom is 0.191 e. The number of aromatic nitrogens is 1. The fraction of sp³-hybridized carbons (Fsp3) is 0.750. The van der Waals surface area contributed by atoms with Crippen LogP contribution in [-0.4, -0.2) is 24.0 Å². The summed E-state index contributed by atoms with van der Waals surface area (Å²) in [4.78, 5) is 9.98. The van der Waals surface area contributed by atoms with Crippen LogP contribution >= 0.6 is 11.3 Å². The van der Waals surface area contributed by atoms with Crippen LogP contribution in [0.5, 0.6) is 0 Å². The summed E-state index contributed by atoms with van der Waals surface area (Å²) in [5.74, 6) is 2.76. The van der Waals surface area contributed by atoms with Crippen LogP contribution in [0.3, 0.4) is 0 Å². The summed E-state index contributed by atoms with van der Waals surface area (Å²) in [6, 6.07) is 0.636. The molecule has 2 atom stereocenters. The van der Waals surface area contributed by atoms with Crippen molar-refractivity contribution in [1.29, 1.82) is 0 Å². The molecule has 0 aromatic carbocycles. The number of nitrogens with one attached hydrogen (secondary N) is 2. The van der Waals surface area contributed by atoms with E-state index in [4.69, 9.17) is 0 Å². The molecule has 1 aromatic heterocycles. The van der Waals surface area contributed by atoms with Gasteiger partial charge < -0.3 is 10.6 Å². The molecule has 2 saturated carbocycles. The van der Waals surface area contributed by atoms with E-state index in [1.807, 2.05) is 13.2 Å². The highest BCUT2D eigenvalue weighted by molar-refractivity contribution is 7.11. The summed E-state index contributed by atoms with van der Waals surface area (Å²) in [5, 5.41) is 8.08. The van der Waals surface area contributed by atoms with E-state index < -0.39 is 0 Å². The first-order chi connectivity index (χ1) is 10.3. The van der Waals surface area contributed by atoms with Gasteiger partial charge in [-0.15, -0.1) is 11.3 Å². The van der Waals surface area contributed by atoms with Crippen LogP contribution in [0.25, 0.3) is 0 Å². The molecular weight excluding hydrogens is 280 g/mol. The Morgan fingerprint density at radius 2 is 2.19 bits per heavy atom. The smallest absolute Gasteiger partial charge is 0.191 e. The first-order valence-corrected chi connectivity index (χ1v) is 8.96. The molecule has 116 valence electrons. The molecule has 2 aliphatic rings. The predicted molar refractivity (Wildman–Crippen MR) is 88.7 cm³/mol. The van der Waals surface area contributed by atoms with Crippen LogP contribution in [0, 0.1) is 18.8 Å². The van der Waals surface area contributed by atoms with Gasteiger partial charge in [-0.05, 0) is 25.2 Å². The van der Waals surface area contributed by atoms with E-state index in [2.05, 4.69) is 27.5 Å². The highest BCUT2D eigenvalue weighted by Crippen LogP contribution is 2.44. The van der Waals surface area contributed by atoms with E-state index in [9.17, 15) is 0 Å². The van der Waals surface area contributed by atoms with Gasteiger partial charge in [0, 0.05) is 24.2 Å². The lowest BCUT2D eigenvalue weighted by Crippen LogP contribution is -2.39. The van der Waals surface area contributed by atoms with E-state index in [0.29, 0.717) is 6.04 Å². The van der Waals surface area contributed by atoms with Gasteiger partial charge in [0.25, 0.3) is 0 Å². The van der Waals surface area contributed by atoms with Crippen molar-refractivity contribution in [3.63, 3.8) is 0 Å². The number of hydrogen-bond acceptors (Lipinski definition) is 3. The molecule has 0 spiro atoms. The van der Waals surface area contributed by atoms with Crippen LogP contribution in [0.1, 0.15) is 48.4 Å². The topological polar surface area (TPSA) is 49.3 Å². The summed E-state index contributed by atoms with van der Waals surface area (Å²) in [6.07, 6.45) is 10.4. The maximum absolute atomic E-state index is 4.38. The highest BCUT2D eigenvalue weighted by Gasteiger charge is 2.43. The molecule has 0 saturated heterocycles. The molecule has 0 radical (unpaired) electrons. The van der Waals surface area contributed by atoms with Crippen molar-refractivity contribution in [1.82, 2.24) is 15.6 Å². The molecule has 21 heavy (non-hydrogen) atoms. The summed E-state index contributed by atoms with van der Waals surface area (Å²) in [7, 11) is 1.85. The van der Waals surface area contributed by atoms with E-state index in [0.717, 1.165) is 29.3 Å². The van der Waals surface area contributed by atoms with Gasteiger partial charge in [0.2, 0.25) is 0 Å². The zero-order chi connectivity index (χ0) is 14.7. The lowest BCUT2D eigenvalue weighted by Gasteiger charge is -2.22. The fourth-order valence-electron chi connectivity index (χ4n) is 3.48. The second kappa shape index (κ2) is 6.77. The SMILES string of the molecule is CN=C(NCc1ncc(C)s1)NC1CC1C1CCCCC1. The normalized spacial score (nSPS) is 26.7. The second-order valence-corrected chi connectivity index (χ2v) is 7.66. The number of rotatable bonds is 4. The van der Waals surface area contributed by atoms with Crippen molar-refractivity contribution in [3.05, 3.63) is 16.1 Å². The number of aliphatic imine (C=N–C) groups is 1. The van der Waals surface area contributed by atoms with Gasteiger partial charge in [0.1, 0.15) is 5.01 Å². The lowest BCUT2D eigenvalue weighted by molar-refractivity contribution is 0.315. The van der Waals surface area contributed by atoms with Gasteiger partial charge in [0.05, 0.1) is 6.54 Å². The zero-order valence-corrected chi connectivity index (χ0v) is 13.9. The third-order valence-electron chi connectivity index (χ3n) is 4.72. The minimum Gasteiger partial charge on any atom is -0.353 e. The molecular formula is C16H26N4S. The lowest BCUT2D eigenvalue weighted by atomic mass is 9.85. The van der Waals surface area contributed by atoms with Gasteiger partial charge in [-0.2, -0.15) is 0 Å². The number of nitrogens with zero attached hydrogens (tertiary/aromatic N) is 2. The minimum atomic E-state index is 0.636. The molecule has 0 amide bonds. The molecule has 3 rings (SSSR count). The van der Waals surface area contributed by atoms with Crippen LogP contribution in [0.4, 0.5) is 0 Å². The molecule has 5 heteroatoms. The number of hydrogen-bond donors (Lipinski definition) is 2. The Kier molecular flexibility index (Phi) is 4.78. The van der Waals surface area contributed by atoms with E-state index in [1.165, 1.54) is 43.4 Å². The van der Waals surface area contributed by atoms with E-state index in [1.54, 1.807) is 11.3 Å². The van der Waals surface area contributed by atoms with Crippen molar-refractivity contribution >= 4 is 17.3 Å². The van der Waals surface area contributed by atoms with Crippen molar-refractivity contribution in [2.45, 2.75) is 58.0 Å². The Hall–Kier alpha value is -1.10. The molecule has 2 aliphatic carbocycles. The summed E-state index contributed by atoms with van der Waals surface area (Å²) >= 11 is 1.74. The first kappa shape index (κ1) is 14.8. The number of guanidine groups is 1. The van der Waals surface area contributed by atoms with Gasteiger partial charge in [-0.1, -0.05) is 32.1 Å². The Balaban J connectivity index is 1.43. The summed E-state index contributed by atoms with van der Waals surface area (Å²) < 4.78 is 0. The van der Waals surface area contributed by atoms with Crippen molar-refractivity contribution in [2.24, 2.45) is 16.8 Å². The van der Waals surface area contributed by atoms with Crippen LogP contribution < -0.4 is 10.6 Å². The molecule has 1 heterocycles. The van der Waals surface area contributed by atoms with Crippen molar-refractivity contribution in [3.8, 4) is 0 Å². The molecule has 4 nitrogen and oxygen atoms in total. The van der Waals surface area contributed by atoms with Crippen LogP contribution in [-0.2, 0) is 6.54 Å². The molecule has 0 bridgehead atoms. The van der Waals surface area contributed by atoms with E-state index >= 15 is 0 Å². The van der Waals surface area contributed by atoms with Crippen molar-refractivity contribution in [2.75, 3.05) is 7.05 Å². The van der Waals surface area contributed by atoms with Gasteiger partial charge in [0.15, 0.2) is 5.96 Å². The number of thiazole rings is 1. The third kappa shape index (κ3) is 3.96. The van der Waals surface area contributed by atoms with Crippen molar-refractivity contribution < 1.29 is 0 Å². The molecule has 1 aromatic rings. The Morgan fingerprint density at radius 3 is 2.86 bits per heavy atom. The molecule has 2 fully saturated rings. The first-order valence-electron chi connectivity index (χ1n) is 8.14. The maximum atomic E-state index is 4.38. The average Bonchev–Trinajstić information content (AvgIpc) is 3.17. The number of aryl methyl sites for hydroxylation is 1. The molecule has 0 aliphatic heterocycles. The largest absolute Gasteiger partial charge is 0.353 e. The predicted octanol–water partition coefficient (Wildman–Crippen LogP) is 3.09. The van der Waals surface area contributed by atoms with E-state index in [-0.39, 0.29) is 0 Å². The Morgan fingerprint density at radius 1 is 1.38 bits per heavy atom. The standard InChI is InChI=1S/C16H26N4S/c1-11-9-18-15(21-11)10-19-16(17-2)20-14-8-13(14)12-6-4-3-5-7-12/h9,12-14H,3-8,10H2,1-2H3,(H2,17,19,20). The van der Waals surface area contributed by atoms with Crippen LogP contribution in [0.15, 0.2) is 11.2 Å².